The van der Waals surface area contributed by atoms with Gasteiger partial charge in [0.25, 0.3) is 0 Å². The number of carbonyl (C=O) groups excluding carboxylic acids is 1. The summed E-state index contributed by atoms with van der Waals surface area (Å²) < 4.78 is 10.6. The summed E-state index contributed by atoms with van der Waals surface area (Å²) in [5, 5.41) is 0. The molecule has 88 valence electrons. The maximum Gasteiger partial charge on any atom is 0.343 e. The first-order chi connectivity index (χ1) is 7.67. The zero-order chi connectivity index (χ0) is 12.0. The van der Waals surface area contributed by atoms with E-state index >= 15 is 0 Å². The minimum atomic E-state index is -0.405. The van der Waals surface area contributed by atoms with Gasteiger partial charge in [0.1, 0.15) is 5.75 Å². The normalized spacial score (nSPS) is 9.94. The van der Waals surface area contributed by atoms with Gasteiger partial charge in [-0.05, 0) is 46.6 Å². The number of hydrogen-bond donors (Lipinski definition) is 1. The van der Waals surface area contributed by atoms with Crippen molar-refractivity contribution in [1.29, 1.82) is 0 Å². The van der Waals surface area contributed by atoms with Gasteiger partial charge in [0.2, 0.25) is 0 Å². The molecular formula is C11H14BrNO3. The standard InChI is InChI=1S/C11H14BrNO3/c1-15-11(14)7-16-10-3-2-8(4-5-13)6-9(10)12/h2-3,6H,4-5,7,13H2,1H3. The maximum absolute atomic E-state index is 10.9. The van der Waals surface area contributed by atoms with E-state index in [1.165, 1.54) is 7.11 Å². The number of ether oxygens (including phenoxy) is 2. The largest absolute Gasteiger partial charge is 0.481 e. The van der Waals surface area contributed by atoms with Gasteiger partial charge in [0.15, 0.2) is 6.61 Å². The molecule has 1 aromatic rings. The predicted octanol–water partition coefficient (Wildman–Crippen LogP) is 1.50. The number of esters is 1. The minimum Gasteiger partial charge on any atom is -0.481 e. The number of halogens is 1. The Bertz CT molecular complexity index is 368. The van der Waals surface area contributed by atoms with Crippen molar-refractivity contribution in [2.75, 3.05) is 20.3 Å². The van der Waals surface area contributed by atoms with E-state index in [1.807, 2.05) is 12.1 Å². The second-order valence-electron chi connectivity index (χ2n) is 3.17. The van der Waals surface area contributed by atoms with Crippen LogP contribution in [0.15, 0.2) is 22.7 Å². The Morgan fingerprint density at radius 1 is 1.50 bits per heavy atom. The van der Waals surface area contributed by atoms with Crippen LogP contribution in [0.3, 0.4) is 0 Å². The lowest BCUT2D eigenvalue weighted by atomic mass is 10.1. The average molecular weight is 288 g/mol. The van der Waals surface area contributed by atoms with Crippen molar-refractivity contribution in [1.82, 2.24) is 0 Å². The van der Waals surface area contributed by atoms with E-state index in [0.717, 1.165) is 16.5 Å². The van der Waals surface area contributed by atoms with Crippen LogP contribution >= 0.6 is 15.9 Å². The van der Waals surface area contributed by atoms with Crippen LogP contribution in [-0.4, -0.2) is 26.2 Å². The second kappa shape index (κ2) is 6.50. The highest BCUT2D eigenvalue weighted by Gasteiger charge is 2.05. The third-order valence-corrected chi connectivity index (χ3v) is 2.62. The zero-order valence-corrected chi connectivity index (χ0v) is 10.6. The summed E-state index contributed by atoms with van der Waals surface area (Å²) in [6.45, 7) is 0.514. The molecule has 0 aliphatic carbocycles. The average Bonchev–Trinajstić information content (AvgIpc) is 2.28. The fourth-order valence-electron chi connectivity index (χ4n) is 1.18. The molecule has 2 N–H and O–H groups in total. The second-order valence-corrected chi connectivity index (χ2v) is 4.02. The highest BCUT2D eigenvalue weighted by Crippen LogP contribution is 2.26. The van der Waals surface area contributed by atoms with Gasteiger partial charge in [0.05, 0.1) is 11.6 Å². The zero-order valence-electron chi connectivity index (χ0n) is 9.03. The molecule has 0 aromatic heterocycles. The molecule has 0 radical (unpaired) electrons. The van der Waals surface area contributed by atoms with Crippen molar-refractivity contribution >= 4 is 21.9 Å². The lowest BCUT2D eigenvalue weighted by Crippen LogP contribution is -2.12. The Balaban J connectivity index is 2.64. The van der Waals surface area contributed by atoms with Crippen LogP contribution in [0, 0.1) is 0 Å². The van der Waals surface area contributed by atoms with Crippen LogP contribution < -0.4 is 10.5 Å². The number of benzene rings is 1. The third-order valence-electron chi connectivity index (χ3n) is 2.00. The monoisotopic (exact) mass is 287 g/mol. The van der Waals surface area contributed by atoms with E-state index in [0.29, 0.717) is 12.3 Å². The van der Waals surface area contributed by atoms with Crippen LogP contribution in [0.5, 0.6) is 5.75 Å². The summed E-state index contributed by atoms with van der Waals surface area (Å²) in [4.78, 5) is 10.9. The van der Waals surface area contributed by atoms with Gasteiger partial charge >= 0.3 is 5.97 Å². The summed E-state index contributed by atoms with van der Waals surface area (Å²) in [5.74, 6) is 0.212. The molecule has 1 rings (SSSR count). The van der Waals surface area contributed by atoms with E-state index in [4.69, 9.17) is 10.5 Å². The molecule has 4 nitrogen and oxygen atoms in total. The number of nitrogens with two attached hydrogens (primary N) is 1. The van der Waals surface area contributed by atoms with Gasteiger partial charge in [-0.1, -0.05) is 6.07 Å². The molecule has 0 fully saturated rings. The van der Waals surface area contributed by atoms with Gasteiger partial charge < -0.3 is 15.2 Å². The highest BCUT2D eigenvalue weighted by molar-refractivity contribution is 9.10. The van der Waals surface area contributed by atoms with Crippen molar-refractivity contribution in [2.24, 2.45) is 5.73 Å². The molecule has 0 amide bonds. The quantitative estimate of drug-likeness (QED) is 0.834. The molecule has 0 aliphatic heterocycles. The molecule has 0 heterocycles. The molecule has 0 aliphatic rings. The summed E-state index contributed by atoms with van der Waals surface area (Å²) in [6.07, 6.45) is 0.815. The van der Waals surface area contributed by atoms with E-state index in [1.54, 1.807) is 6.07 Å². The molecule has 0 unspecified atom stereocenters. The maximum atomic E-state index is 10.9. The Labute approximate surface area is 103 Å². The van der Waals surface area contributed by atoms with Crippen molar-refractivity contribution in [2.45, 2.75) is 6.42 Å². The molecular weight excluding hydrogens is 274 g/mol. The van der Waals surface area contributed by atoms with E-state index in [2.05, 4.69) is 20.7 Å². The lowest BCUT2D eigenvalue weighted by molar-refractivity contribution is -0.142. The van der Waals surface area contributed by atoms with Crippen LogP contribution in [0.25, 0.3) is 0 Å². The summed E-state index contributed by atoms with van der Waals surface area (Å²) >= 11 is 3.37. The van der Waals surface area contributed by atoms with Crippen molar-refractivity contribution < 1.29 is 14.3 Å². The van der Waals surface area contributed by atoms with Crippen molar-refractivity contribution in [3.05, 3.63) is 28.2 Å². The van der Waals surface area contributed by atoms with Crippen molar-refractivity contribution in [3.8, 4) is 5.75 Å². The van der Waals surface area contributed by atoms with E-state index < -0.39 is 5.97 Å². The summed E-state index contributed by atoms with van der Waals surface area (Å²) in [7, 11) is 1.32. The van der Waals surface area contributed by atoms with Crippen molar-refractivity contribution in [3.63, 3.8) is 0 Å². The predicted molar refractivity (Wildman–Crippen MR) is 64.4 cm³/mol. The Hall–Kier alpha value is -1.07. The molecule has 0 spiro atoms. The first-order valence-electron chi connectivity index (χ1n) is 4.85. The Morgan fingerprint density at radius 2 is 2.25 bits per heavy atom. The molecule has 16 heavy (non-hydrogen) atoms. The number of hydrogen-bond acceptors (Lipinski definition) is 4. The topological polar surface area (TPSA) is 61.5 Å². The van der Waals surface area contributed by atoms with Crippen LogP contribution in [0.1, 0.15) is 5.56 Å². The number of carbonyl (C=O) groups is 1. The lowest BCUT2D eigenvalue weighted by Gasteiger charge is -2.08. The van der Waals surface area contributed by atoms with Gasteiger partial charge in [-0.15, -0.1) is 0 Å². The molecule has 0 saturated heterocycles. The number of methoxy groups -OCH3 is 1. The number of rotatable bonds is 5. The van der Waals surface area contributed by atoms with Gasteiger partial charge in [0, 0.05) is 0 Å². The molecule has 0 bridgehead atoms. The first kappa shape index (κ1) is 13.0. The molecule has 1 aromatic carbocycles. The third kappa shape index (κ3) is 3.83. The van der Waals surface area contributed by atoms with E-state index in [9.17, 15) is 4.79 Å². The molecule has 0 atom stereocenters. The first-order valence-corrected chi connectivity index (χ1v) is 5.64. The minimum absolute atomic E-state index is 0.0919. The van der Waals surface area contributed by atoms with Gasteiger partial charge in [-0.3, -0.25) is 0 Å². The Morgan fingerprint density at radius 3 is 2.81 bits per heavy atom. The van der Waals surface area contributed by atoms with Crippen LogP contribution in [-0.2, 0) is 16.0 Å². The van der Waals surface area contributed by atoms with Crippen LogP contribution in [0.2, 0.25) is 0 Å². The van der Waals surface area contributed by atoms with Gasteiger partial charge in [-0.25, -0.2) is 4.79 Å². The molecule has 0 saturated carbocycles. The SMILES string of the molecule is COC(=O)COc1ccc(CCN)cc1Br. The molecule has 5 heteroatoms. The fourth-order valence-corrected chi connectivity index (χ4v) is 1.72. The summed E-state index contributed by atoms with van der Waals surface area (Å²) in [6, 6.07) is 5.65. The fraction of sp³-hybridized carbons (Fsp3) is 0.364. The van der Waals surface area contributed by atoms with E-state index in [-0.39, 0.29) is 6.61 Å². The summed E-state index contributed by atoms with van der Waals surface area (Å²) in [5.41, 5.74) is 6.58. The Kier molecular flexibility index (Phi) is 5.28. The smallest absolute Gasteiger partial charge is 0.343 e. The van der Waals surface area contributed by atoms with Crippen LogP contribution in [0.4, 0.5) is 0 Å². The van der Waals surface area contributed by atoms with Gasteiger partial charge in [-0.2, -0.15) is 0 Å². The highest BCUT2D eigenvalue weighted by atomic mass is 79.9.